The first kappa shape index (κ1) is 13.8. The maximum absolute atomic E-state index is 11.5. The summed E-state index contributed by atoms with van der Waals surface area (Å²) in [5.41, 5.74) is 0.526. The molecule has 1 aromatic rings. The fraction of sp³-hybridized carbons (Fsp3) is 0.500. The number of rotatable bonds is 5. The summed E-state index contributed by atoms with van der Waals surface area (Å²) in [6.45, 7) is 4.17. The lowest BCUT2D eigenvalue weighted by Gasteiger charge is -2.13. The number of nitrogens with one attached hydrogen (secondary N) is 1. The predicted octanol–water partition coefficient (Wildman–Crippen LogP) is 2.80. The molecule has 0 aliphatic rings. The summed E-state index contributed by atoms with van der Waals surface area (Å²) in [4.78, 5) is 15.9. The SMILES string of the molecule is CC[C@H](C)Nc1cc(C(=O)OC)cc(SC)n1. The minimum Gasteiger partial charge on any atom is -0.465 e. The Labute approximate surface area is 106 Å². The van der Waals surface area contributed by atoms with Gasteiger partial charge >= 0.3 is 5.97 Å². The molecule has 0 saturated carbocycles. The molecule has 0 unspecified atom stereocenters. The van der Waals surface area contributed by atoms with Crippen molar-refractivity contribution in [2.45, 2.75) is 31.3 Å². The van der Waals surface area contributed by atoms with E-state index >= 15 is 0 Å². The molecule has 4 nitrogen and oxygen atoms in total. The Morgan fingerprint density at radius 2 is 2.29 bits per heavy atom. The van der Waals surface area contributed by atoms with E-state index in [9.17, 15) is 4.79 Å². The zero-order chi connectivity index (χ0) is 12.8. The van der Waals surface area contributed by atoms with Gasteiger partial charge in [-0.05, 0) is 31.7 Å². The quantitative estimate of drug-likeness (QED) is 0.647. The van der Waals surface area contributed by atoms with E-state index in [-0.39, 0.29) is 5.97 Å². The van der Waals surface area contributed by atoms with Crippen LogP contribution in [0.4, 0.5) is 5.82 Å². The minimum atomic E-state index is -0.338. The van der Waals surface area contributed by atoms with E-state index in [0.717, 1.165) is 11.4 Å². The number of carbonyl (C=O) groups is 1. The molecule has 0 saturated heterocycles. The van der Waals surface area contributed by atoms with Crippen LogP contribution < -0.4 is 5.32 Å². The van der Waals surface area contributed by atoms with Gasteiger partial charge in [-0.25, -0.2) is 9.78 Å². The normalized spacial score (nSPS) is 12.0. The predicted molar refractivity (Wildman–Crippen MR) is 70.7 cm³/mol. The first-order chi connectivity index (χ1) is 8.10. The number of ether oxygens (including phenoxy) is 1. The highest BCUT2D eigenvalue weighted by Crippen LogP contribution is 2.19. The monoisotopic (exact) mass is 254 g/mol. The van der Waals surface area contributed by atoms with Crippen LogP contribution in [0.5, 0.6) is 0 Å². The maximum atomic E-state index is 11.5. The van der Waals surface area contributed by atoms with Crippen molar-refractivity contribution in [1.29, 1.82) is 0 Å². The Morgan fingerprint density at radius 3 is 2.82 bits per heavy atom. The van der Waals surface area contributed by atoms with Gasteiger partial charge in [0.15, 0.2) is 0 Å². The second-order valence-corrected chi connectivity index (χ2v) is 4.56. The van der Waals surface area contributed by atoms with Gasteiger partial charge in [0.2, 0.25) is 0 Å². The second-order valence-electron chi connectivity index (χ2n) is 3.73. The Balaban J connectivity index is 3.00. The molecule has 0 aromatic carbocycles. The van der Waals surface area contributed by atoms with Gasteiger partial charge in [0, 0.05) is 6.04 Å². The van der Waals surface area contributed by atoms with Gasteiger partial charge in [0.05, 0.1) is 17.7 Å². The van der Waals surface area contributed by atoms with Crippen LogP contribution in [0.2, 0.25) is 0 Å². The molecule has 0 fully saturated rings. The van der Waals surface area contributed by atoms with Crippen LogP contribution in [-0.4, -0.2) is 30.4 Å². The fourth-order valence-corrected chi connectivity index (χ4v) is 1.71. The Morgan fingerprint density at radius 1 is 1.59 bits per heavy atom. The Kier molecular flexibility index (Phi) is 5.28. The third kappa shape index (κ3) is 3.93. The van der Waals surface area contributed by atoms with E-state index < -0.39 is 0 Å². The molecule has 1 atom stereocenters. The third-order valence-corrected chi connectivity index (χ3v) is 3.07. The standard InChI is InChI=1S/C12H18N2O2S/c1-5-8(2)13-10-6-9(12(15)16-3)7-11(14-10)17-4/h6-8H,5H2,1-4H3,(H,13,14)/t8-/m0/s1. The van der Waals surface area contributed by atoms with Gasteiger partial charge in [0.1, 0.15) is 5.82 Å². The van der Waals surface area contributed by atoms with Crippen molar-refractivity contribution in [1.82, 2.24) is 4.98 Å². The molecule has 0 aliphatic carbocycles. The number of thioether (sulfide) groups is 1. The van der Waals surface area contributed by atoms with E-state index in [4.69, 9.17) is 4.74 Å². The Hall–Kier alpha value is -1.23. The van der Waals surface area contributed by atoms with Crippen LogP contribution in [0.1, 0.15) is 30.6 Å². The molecule has 0 amide bonds. The number of pyridine rings is 1. The summed E-state index contributed by atoms with van der Waals surface area (Å²) in [5.74, 6) is 0.376. The van der Waals surface area contributed by atoms with Crippen molar-refractivity contribution in [2.24, 2.45) is 0 Å². The number of aromatic nitrogens is 1. The highest BCUT2D eigenvalue weighted by molar-refractivity contribution is 7.98. The molecule has 17 heavy (non-hydrogen) atoms. The maximum Gasteiger partial charge on any atom is 0.338 e. The smallest absolute Gasteiger partial charge is 0.338 e. The number of carbonyl (C=O) groups excluding carboxylic acids is 1. The summed E-state index contributed by atoms with van der Waals surface area (Å²) in [5, 5.41) is 4.06. The number of nitrogens with zero attached hydrogens (tertiary/aromatic N) is 1. The van der Waals surface area contributed by atoms with Gasteiger partial charge in [-0.15, -0.1) is 11.8 Å². The fourth-order valence-electron chi connectivity index (χ4n) is 1.27. The van der Waals surface area contributed by atoms with Crippen molar-refractivity contribution in [3.8, 4) is 0 Å². The number of anilines is 1. The molecule has 1 N–H and O–H groups in total. The van der Waals surface area contributed by atoms with E-state index in [1.807, 2.05) is 6.26 Å². The van der Waals surface area contributed by atoms with Crippen molar-refractivity contribution >= 4 is 23.5 Å². The summed E-state index contributed by atoms with van der Waals surface area (Å²) in [6.07, 6.45) is 2.93. The van der Waals surface area contributed by atoms with Crippen molar-refractivity contribution in [3.63, 3.8) is 0 Å². The largest absolute Gasteiger partial charge is 0.465 e. The first-order valence-corrected chi connectivity index (χ1v) is 6.74. The summed E-state index contributed by atoms with van der Waals surface area (Å²) < 4.78 is 4.72. The molecular weight excluding hydrogens is 236 g/mol. The van der Waals surface area contributed by atoms with Crippen LogP contribution in [-0.2, 0) is 4.74 Å². The molecular formula is C12H18N2O2S. The lowest BCUT2D eigenvalue weighted by atomic mass is 10.2. The average molecular weight is 254 g/mol. The molecule has 0 bridgehead atoms. The van der Waals surface area contributed by atoms with Gasteiger partial charge < -0.3 is 10.1 Å². The average Bonchev–Trinajstić information content (AvgIpc) is 2.36. The zero-order valence-corrected chi connectivity index (χ0v) is 11.4. The summed E-state index contributed by atoms with van der Waals surface area (Å²) in [7, 11) is 1.38. The van der Waals surface area contributed by atoms with Crippen molar-refractivity contribution in [3.05, 3.63) is 17.7 Å². The summed E-state index contributed by atoms with van der Waals surface area (Å²) in [6, 6.07) is 3.78. The Bertz CT molecular complexity index is 396. The van der Waals surface area contributed by atoms with E-state index in [1.165, 1.54) is 18.9 Å². The first-order valence-electron chi connectivity index (χ1n) is 5.51. The highest BCUT2D eigenvalue weighted by Gasteiger charge is 2.10. The van der Waals surface area contributed by atoms with Crippen LogP contribution in [0, 0.1) is 0 Å². The lowest BCUT2D eigenvalue weighted by Crippen LogP contribution is -2.15. The molecule has 1 aromatic heterocycles. The summed E-state index contributed by atoms with van der Waals surface area (Å²) >= 11 is 1.50. The van der Waals surface area contributed by atoms with Crippen LogP contribution in [0.25, 0.3) is 0 Å². The molecule has 0 aliphatic heterocycles. The topological polar surface area (TPSA) is 51.2 Å². The van der Waals surface area contributed by atoms with Crippen molar-refractivity contribution < 1.29 is 9.53 Å². The van der Waals surface area contributed by atoms with Crippen LogP contribution in [0.3, 0.4) is 0 Å². The lowest BCUT2D eigenvalue weighted by molar-refractivity contribution is 0.0600. The van der Waals surface area contributed by atoms with E-state index in [0.29, 0.717) is 17.4 Å². The second kappa shape index (κ2) is 6.49. The van der Waals surface area contributed by atoms with Gasteiger partial charge in [-0.1, -0.05) is 6.92 Å². The molecule has 1 rings (SSSR count). The highest BCUT2D eigenvalue weighted by atomic mass is 32.2. The van der Waals surface area contributed by atoms with Gasteiger partial charge in [-0.3, -0.25) is 0 Å². The van der Waals surface area contributed by atoms with E-state index in [1.54, 1.807) is 12.1 Å². The molecule has 1 heterocycles. The number of methoxy groups -OCH3 is 1. The number of hydrogen-bond donors (Lipinski definition) is 1. The van der Waals surface area contributed by atoms with Crippen LogP contribution >= 0.6 is 11.8 Å². The molecule has 0 spiro atoms. The van der Waals surface area contributed by atoms with E-state index in [2.05, 4.69) is 24.1 Å². The number of hydrogen-bond acceptors (Lipinski definition) is 5. The van der Waals surface area contributed by atoms with Crippen LogP contribution in [0.15, 0.2) is 17.2 Å². The van der Waals surface area contributed by atoms with Gasteiger partial charge in [0.25, 0.3) is 0 Å². The molecule has 5 heteroatoms. The third-order valence-electron chi connectivity index (χ3n) is 2.44. The molecule has 0 radical (unpaired) electrons. The number of esters is 1. The van der Waals surface area contributed by atoms with Gasteiger partial charge in [-0.2, -0.15) is 0 Å². The minimum absolute atomic E-state index is 0.324. The molecule has 94 valence electrons. The zero-order valence-electron chi connectivity index (χ0n) is 10.6. The van der Waals surface area contributed by atoms with Crippen molar-refractivity contribution in [2.75, 3.05) is 18.7 Å².